The third-order valence-electron chi connectivity index (χ3n) is 13.2. The van der Waals surface area contributed by atoms with Crippen molar-refractivity contribution in [2.24, 2.45) is 0 Å². The summed E-state index contributed by atoms with van der Waals surface area (Å²) in [6.07, 6.45) is 0. The van der Waals surface area contributed by atoms with Gasteiger partial charge in [-0.05, 0) is 80.9 Å². The SMILES string of the molecule is CC1(C)c2ccccc2-c2cc3c4ccccc4n(-c4nc(-c5ccccc5)nc(-n5c6ccccc6c6cc7c(cc65)C(C)(C)c5ccccc5-7)c4C#N)c3cc21. The maximum absolute atomic E-state index is 11.5. The van der Waals surface area contributed by atoms with E-state index in [1.807, 2.05) is 30.3 Å². The molecule has 0 atom stereocenters. The Morgan fingerprint density at radius 1 is 0.431 bits per heavy atom. The highest BCUT2D eigenvalue weighted by Crippen LogP contribution is 2.53. The van der Waals surface area contributed by atoms with Crippen molar-refractivity contribution >= 4 is 43.6 Å². The van der Waals surface area contributed by atoms with Crippen LogP contribution in [0.3, 0.4) is 0 Å². The highest BCUT2D eigenvalue weighted by atomic mass is 15.2. The van der Waals surface area contributed by atoms with Gasteiger partial charge in [0.25, 0.3) is 0 Å². The molecule has 2 aliphatic rings. The number of hydrogen-bond acceptors (Lipinski definition) is 3. The lowest BCUT2D eigenvalue weighted by molar-refractivity contribution is 0.661. The molecule has 0 spiro atoms. The molecule has 58 heavy (non-hydrogen) atoms. The molecule has 5 nitrogen and oxygen atoms in total. The number of nitriles is 1. The van der Waals surface area contributed by atoms with E-state index >= 15 is 0 Å². The van der Waals surface area contributed by atoms with Gasteiger partial charge in [-0.2, -0.15) is 5.26 Å². The first kappa shape index (κ1) is 32.9. The van der Waals surface area contributed by atoms with Crippen LogP contribution in [0.4, 0.5) is 0 Å². The summed E-state index contributed by atoms with van der Waals surface area (Å²) in [5, 5.41) is 16.0. The number of aromatic nitrogens is 4. The summed E-state index contributed by atoms with van der Waals surface area (Å²) < 4.78 is 4.43. The van der Waals surface area contributed by atoms with E-state index in [1.165, 1.54) is 44.5 Å². The number of rotatable bonds is 3. The quantitative estimate of drug-likeness (QED) is 0.181. The molecule has 0 amide bonds. The Morgan fingerprint density at radius 3 is 1.34 bits per heavy atom. The van der Waals surface area contributed by atoms with Gasteiger partial charge in [-0.25, -0.2) is 9.97 Å². The predicted octanol–water partition coefficient (Wildman–Crippen LogP) is 12.8. The van der Waals surface area contributed by atoms with Crippen LogP contribution in [0.2, 0.25) is 0 Å². The van der Waals surface area contributed by atoms with Crippen molar-refractivity contribution in [3.05, 3.63) is 179 Å². The summed E-state index contributed by atoms with van der Waals surface area (Å²) in [6.45, 7) is 9.25. The van der Waals surface area contributed by atoms with Crippen LogP contribution in [0.25, 0.3) is 88.9 Å². The lowest BCUT2D eigenvalue weighted by Crippen LogP contribution is -2.15. The third kappa shape index (κ3) is 4.19. The molecule has 0 saturated heterocycles. The van der Waals surface area contributed by atoms with Crippen LogP contribution >= 0.6 is 0 Å². The third-order valence-corrected chi connectivity index (χ3v) is 13.2. The fourth-order valence-corrected chi connectivity index (χ4v) is 10.4. The van der Waals surface area contributed by atoms with Crippen molar-refractivity contribution in [3.8, 4) is 51.3 Å². The Morgan fingerprint density at radius 2 is 0.862 bits per heavy atom. The summed E-state index contributed by atoms with van der Waals surface area (Å²) in [7, 11) is 0. The van der Waals surface area contributed by atoms with Crippen LogP contribution in [0.1, 0.15) is 55.5 Å². The number of nitrogens with zero attached hydrogens (tertiary/aromatic N) is 5. The fraction of sp³-hybridized carbons (Fsp3) is 0.113. The van der Waals surface area contributed by atoms with Gasteiger partial charge in [0, 0.05) is 37.9 Å². The van der Waals surface area contributed by atoms with E-state index in [0.717, 1.165) is 49.2 Å². The molecule has 274 valence electrons. The zero-order valence-electron chi connectivity index (χ0n) is 32.7. The Kier molecular flexibility index (Phi) is 6.47. The summed E-state index contributed by atoms with van der Waals surface area (Å²) in [6, 6.07) is 56.8. The average Bonchev–Trinajstić information content (AvgIpc) is 3.90. The minimum absolute atomic E-state index is 0.206. The van der Waals surface area contributed by atoms with Gasteiger partial charge in [0.05, 0.1) is 22.1 Å². The molecule has 3 heterocycles. The summed E-state index contributed by atoms with van der Waals surface area (Å²) in [5.74, 6) is 1.68. The number of hydrogen-bond donors (Lipinski definition) is 0. The van der Waals surface area contributed by atoms with E-state index in [2.05, 4.69) is 164 Å². The molecule has 10 aromatic rings. The average molecular weight is 744 g/mol. The molecule has 0 bridgehead atoms. The molecule has 0 radical (unpaired) electrons. The Bertz CT molecular complexity index is 3260. The summed E-state index contributed by atoms with van der Waals surface area (Å²) in [4.78, 5) is 10.8. The summed E-state index contributed by atoms with van der Waals surface area (Å²) >= 11 is 0. The Labute approximate surface area is 336 Å². The van der Waals surface area contributed by atoms with E-state index in [9.17, 15) is 5.26 Å². The normalized spacial score (nSPS) is 14.5. The van der Waals surface area contributed by atoms with Crippen LogP contribution in [0, 0.1) is 11.3 Å². The zero-order chi connectivity index (χ0) is 39.1. The van der Waals surface area contributed by atoms with Gasteiger partial charge in [0.15, 0.2) is 17.5 Å². The summed E-state index contributed by atoms with van der Waals surface area (Å²) in [5.41, 5.74) is 15.1. The molecule has 0 N–H and O–H groups in total. The molecule has 0 unspecified atom stereocenters. The van der Waals surface area contributed by atoms with Crippen molar-refractivity contribution in [1.82, 2.24) is 19.1 Å². The van der Waals surface area contributed by atoms with Crippen molar-refractivity contribution in [1.29, 1.82) is 5.26 Å². The monoisotopic (exact) mass is 743 g/mol. The molecule has 3 aromatic heterocycles. The van der Waals surface area contributed by atoms with Gasteiger partial charge in [-0.15, -0.1) is 0 Å². The molecule has 7 aromatic carbocycles. The van der Waals surface area contributed by atoms with Crippen LogP contribution in [-0.4, -0.2) is 19.1 Å². The van der Waals surface area contributed by atoms with Crippen molar-refractivity contribution in [2.75, 3.05) is 0 Å². The van der Waals surface area contributed by atoms with E-state index in [0.29, 0.717) is 23.0 Å². The molecule has 0 saturated carbocycles. The minimum Gasteiger partial charge on any atom is -0.292 e. The first-order valence-corrected chi connectivity index (χ1v) is 20.0. The van der Waals surface area contributed by atoms with Crippen molar-refractivity contribution in [2.45, 2.75) is 38.5 Å². The molecule has 12 rings (SSSR count). The highest BCUT2D eigenvalue weighted by molar-refractivity contribution is 6.13. The van der Waals surface area contributed by atoms with Crippen LogP contribution < -0.4 is 0 Å². The molecule has 0 aliphatic heterocycles. The van der Waals surface area contributed by atoms with E-state index in [4.69, 9.17) is 9.97 Å². The number of fused-ring (bicyclic) bond motifs is 12. The standard InChI is InChI=1S/C53H37N5/c1-52(2)41-22-12-8-18-32(41)36-26-38-34-20-10-14-24-45(34)57(47(38)28-43(36)52)50-40(30-54)51(56-49(55-50)31-16-6-5-7-17-31)58-46-25-15-11-21-35(46)39-27-37-33-19-9-13-23-42(33)53(3,4)44(37)29-48(39)58/h5-29H,1-4H3. The van der Waals surface area contributed by atoms with Gasteiger partial charge in [0.1, 0.15) is 11.6 Å². The van der Waals surface area contributed by atoms with E-state index in [-0.39, 0.29) is 10.8 Å². The smallest absolute Gasteiger partial charge is 0.164 e. The first-order valence-electron chi connectivity index (χ1n) is 20.0. The van der Waals surface area contributed by atoms with Crippen molar-refractivity contribution < 1.29 is 0 Å². The molecular weight excluding hydrogens is 707 g/mol. The Hall–Kier alpha value is -7.29. The first-order chi connectivity index (χ1) is 28.3. The zero-order valence-corrected chi connectivity index (χ0v) is 32.7. The maximum Gasteiger partial charge on any atom is 0.164 e. The van der Waals surface area contributed by atoms with Crippen LogP contribution in [-0.2, 0) is 10.8 Å². The minimum atomic E-state index is -0.206. The van der Waals surface area contributed by atoms with Gasteiger partial charge in [0.2, 0.25) is 0 Å². The molecule has 5 heteroatoms. The van der Waals surface area contributed by atoms with E-state index < -0.39 is 0 Å². The number of para-hydroxylation sites is 2. The fourth-order valence-electron chi connectivity index (χ4n) is 10.4. The van der Waals surface area contributed by atoms with E-state index in [1.54, 1.807) is 0 Å². The molecule has 2 aliphatic carbocycles. The van der Waals surface area contributed by atoms with Gasteiger partial charge in [-0.3, -0.25) is 9.13 Å². The largest absolute Gasteiger partial charge is 0.292 e. The lowest BCUT2D eigenvalue weighted by atomic mass is 9.82. The second-order valence-electron chi connectivity index (χ2n) is 16.9. The topological polar surface area (TPSA) is 59.4 Å². The van der Waals surface area contributed by atoms with Crippen LogP contribution in [0.15, 0.2) is 152 Å². The predicted molar refractivity (Wildman–Crippen MR) is 236 cm³/mol. The lowest BCUT2D eigenvalue weighted by Gasteiger charge is -2.22. The Balaban J connectivity index is 1.21. The molecular formula is C53H37N5. The van der Waals surface area contributed by atoms with Crippen LogP contribution in [0.5, 0.6) is 0 Å². The molecule has 0 fully saturated rings. The second kappa shape index (κ2) is 11.4. The van der Waals surface area contributed by atoms with Gasteiger partial charge < -0.3 is 0 Å². The van der Waals surface area contributed by atoms with Gasteiger partial charge >= 0.3 is 0 Å². The second-order valence-corrected chi connectivity index (χ2v) is 16.9. The highest BCUT2D eigenvalue weighted by Gasteiger charge is 2.38. The number of benzene rings is 7. The van der Waals surface area contributed by atoms with Crippen molar-refractivity contribution in [3.63, 3.8) is 0 Å². The van der Waals surface area contributed by atoms with Gasteiger partial charge in [-0.1, -0.05) is 143 Å². The maximum atomic E-state index is 11.5.